The van der Waals surface area contributed by atoms with E-state index in [9.17, 15) is 4.79 Å². The zero-order valence-electron chi connectivity index (χ0n) is 15.3. The highest BCUT2D eigenvalue weighted by Gasteiger charge is 1.93. The Morgan fingerprint density at radius 3 is 2.24 bits per heavy atom. The lowest BCUT2D eigenvalue weighted by Gasteiger charge is -2.01. The van der Waals surface area contributed by atoms with Crippen molar-refractivity contribution in [3.63, 3.8) is 0 Å². The molecule has 2 heteroatoms. The molecule has 0 atom stereocenters. The van der Waals surface area contributed by atoms with Gasteiger partial charge in [-0.25, -0.2) is 0 Å². The van der Waals surface area contributed by atoms with Crippen molar-refractivity contribution in [3.05, 3.63) is 78.4 Å². The van der Waals surface area contributed by atoms with E-state index < -0.39 is 0 Å². The van der Waals surface area contributed by atoms with Crippen LogP contribution in [0.25, 0.3) is 6.08 Å². The minimum atomic E-state index is -0.180. The minimum absolute atomic E-state index is 0.180. The number of unbranched alkanes of at least 4 members (excludes halogenated alkanes) is 5. The molecule has 0 amide bonds. The molecule has 0 bridgehead atoms. The summed E-state index contributed by atoms with van der Waals surface area (Å²) in [6, 6.07) is 10.3. The molecule has 1 rings (SSSR count). The van der Waals surface area contributed by atoms with Crippen molar-refractivity contribution in [3.8, 4) is 0 Å². The molecule has 0 N–H and O–H groups in total. The van der Waals surface area contributed by atoms with Crippen LogP contribution in [0, 0.1) is 0 Å². The largest absolute Gasteiger partial charge is 0.466 e. The summed E-state index contributed by atoms with van der Waals surface area (Å²) in [6.07, 6.45) is 23.5. The standard InChI is InChI=1S/C23H30O2/c1-22(24)25-21-17-12-10-8-6-4-2-3-5-7-9-11-14-18-23-19-15-13-16-20-23/h2-3,5,7,9,11,13-16,18-20H,4,6,8,10,12,17,21H2,1H3/b3-2+,7-5+,11-9+,18-14+. The lowest BCUT2D eigenvalue weighted by atomic mass is 10.1. The third-order valence-corrected chi connectivity index (χ3v) is 3.60. The van der Waals surface area contributed by atoms with Crippen LogP contribution in [0.5, 0.6) is 0 Å². The number of allylic oxidation sites excluding steroid dienone is 7. The molecule has 0 spiro atoms. The van der Waals surface area contributed by atoms with Gasteiger partial charge in [-0.2, -0.15) is 0 Å². The van der Waals surface area contributed by atoms with E-state index in [0.717, 1.165) is 19.3 Å². The predicted molar refractivity (Wildman–Crippen MR) is 107 cm³/mol. The Hall–Kier alpha value is -2.35. The topological polar surface area (TPSA) is 26.3 Å². The first kappa shape index (κ1) is 20.7. The number of ether oxygens (including phenoxy) is 1. The van der Waals surface area contributed by atoms with Crippen LogP contribution in [0.3, 0.4) is 0 Å². The van der Waals surface area contributed by atoms with E-state index in [1.807, 2.05) is 42.5 Å². The maximum atomic E-state index is 10.6. The lowest BCUT2D eigenvalue weighted by molar-refractivity contribution is -0.141. The molecular weight excluding hydrogens is 308 g/mol. The first-order valence-electron chi connectivity index (χ1n) is 9.14. The molecule has 0 aliphatic rings. The molecule has 25 heavy (non-hydrogen) atoms. The normalized spacial score (nSPS) is 12.0. The molecule has 134 valence electrons. The molecular formula is C23H30O2. The van der Waals surface area contributed by atoms with Gasteiger partial charge in [0.15, 0.2) is 0 Å². The summed E-state index contributed by atoms with van der Waals surface area (Å²) in [5.41, 5.74) is 1.21. The van der Waals surface area contributed by atoms with Crippen molar-refractivity contribution in [1.29, 1.82) is 0 Å². The van der Waals surface area contributed by atoms with Crippen LogP contribution in [0.1, 0.15) is 51.0 Å². The van der Waals surface area contributed by atoms with Crippen molar-refractivity contribution in [2.75, 3.05) is 6.61 Å². The highest BCUT2D eigenvalue weighted by atomic mass is 16.5. The SMILES string of the molecule is CC(=O)OCCCCCCC/C=C/C=C/C=C/C=C/c1ccccc1. The molecule has 0 saturated carbocycles. The number of carbonyl (C=O) groups excluding carboxylic acids is 1. The monoisotopic (exact) mass is 338 g/mol. The number of rotatable bonds is 12. The van der Waals surface area contributed by atoms with Crippen molar-refractivity contribution in [1.82, 2.24) is 0 Å². The highest BCUT2D eigenvalue weighted by molar-refractivity contribution is 5.65. The zero-order chi connectivity index (χ0) is 18.0. The van der Waals surface area contributed by atoms with Gasteiger partial charge in [0.2, 0.25) is 0 Å². The summed E-state index contributed by atoms with van der Waals surface area (Å²) < 4.78 is 4.90. The van der Waals surface area contributed by atoms with Gasteiger partial charge >= 0.3 is 5.97 Å². The maximum absolute atomic E-state index is 10.6. The number of carbonyl (C=O) groups is 1. The van der Waals surface area contributed by atoms with Gasteiger partial charge in [-0.1, -0.05) is 98.2 Å². The van der Waals surface area contributed by atoms with Gasteiger partial charge in [-0.15, -0.1) is 0 Å². The molecule has 2 nitrogen and oxygen atoms in total. The summed E-state index contributed by atoms with van der Waals surface area (Å²) >= 11 is 0. The van der Waals surface area contributed by atoms with Crippen LogP contribution in [0.2, 0.25) is 0 Å². The van der Waals surface area contributed by atoms with E-state index in [1.165, 1.54) is 31.7 Å². The van der Waals surface area contributed by atoms with Crippen LogP contribution < -0.4 is 0 Å². The number of hydrogen-bond acceptors (Lipinski definition) is 2. The number of esters is 1. The fraction of sp³-hybridized carbons (Fsp3) is 0.348. The second-order valence-corrected chi connectivity index (χ2v) is 5.86. The van der Waals surface area contributed by atoms with Crippen LogP contribution in [0.4, 0.5) is 0 Å². The Morgan fingerprint density at radius 1 is 0.840 bits per heavy atom. The van der Waals surface area contributed by atoms with Crippen LogP contribution >= 0.6 is 0 Å². The first-order valence-corrected chi connectivity index (χ1v) is 9.14. The Balaban J connectivity index is 1.97. The summed E-state index contributed by atoms with van der Waals surface area (Å²) in [5.74, 6) is -0.180. The Labute approximate surface area is 152 Å². The van der Waals surface area contributed by atoms with Gasteiger partial charge in [0, 0.05) is 6.92 Å². The summed E-state index contributed by atoms with van der Waals surface area (Å²) in [6.45, 7) is 2.02. The molecule has 1 aromatic rings. The van der Waals surface area contributed by atoms with Crippen LogP contribution in [-0.4, -0.2) is 12.6 Å². The smallest absolute Gasteiger partial charge is 0.302 e. The Kier molecular flexibility index (Phi) is 12.6. The van der Waals surface area contributed by atoms with E-state index in [0.29, 0.717) is 6.61 Å². The van der Waals surface area contributed by atoms with Crippen LogP contribution in [0.15, 0.2) is 72.9 Å². The second kappa shape index (κ2) is 15.2. The van der Waals surface area contributed by atoms with Gasteiger partial charge in [0.05, 0.1) is 6.61 Å². The number of benzene rings is 1. The van der Waals surface area contributed by atoms with Gasteiger partial charge < -0.3 is 4.74 Å². The molecule has 0 fully saturated rings. The fourth-order valence-electron chi connectivity index (χ4n) is 2.27. The van der Waals surface area contributed by atoms with Gasteiger partial charge in [-0.3, -0.25) is 4.79 Å². The molecule has 0 saturated heterocycles. The van der Waals surface area contributed by atoms with E-state index in [-0.39, 0.29) is 5.97 Å². The first-order chi connectivity index (χ1) is 12.3. The highest BCUT2D eigenvalue weighted by Crippen LogP contribution is 2.06. The third-order valence-electron chi connectivity index (χ3n) is 3.60. The fourth-order valence-corrected chi connectivity index (χ4v) is 2.27. The average molecular weight is 338 g/mol. The average Bonchev–Trinajstić information content (AvgIpc) is 2.62. The molecule has 0 heterocycles. The number of hydrogen-bond donors (Lipinski definition) is 0. The quantitative estimate of drug-likeness (QED) is 0.255. The summed E-state index contributed by atoms with van der Waals surface area (Å²) in [4.78, 5) is 10.6. The third kappa shape index (κ3) is 13.8. The molecule has 0 aliphatic carbocycles. The molecule has 0 aliphatic heterocycles. The lowest BCUT2D eigenvalue weighted by Crippen LogP contribution is -1.99. The zero-order valence-corrected chi connectivity index (χ0v) is 15.3. The predicted octanol–water partition coefficient (Wildman–Crippen LogP) is 6.27. The van der Waals surface area contributed by atoms with Crippen molar-refractivity contribution < 1.29 is 9.53 Å². The van der Waals surface area contributed by atoms with Gasteiger partial charge in [0.1, 0.15) is 0 Å². The van der Waals surface area contributed by atoms with E-state index in [4.69, 9.17) is 4.74 Å². The Morgan fingerprint density at radius 2 is 1.48 bits per heavy atom. The molecule has 0 radical (unpaired) electrons. The van der Waals surface area contributed by atoms with E-state index >= 15 is 0 Å². The minimum Gasteiger partial charge on any atom is -0.466 e. The molecule has 0 aromatic heterocycles. The summed E-state index contributed by atoms with van der Waals surface area (Å²) in [5, 5.41) is 0. The summed E-state index contributed by atoms with van der Waals surface area (Å²) in [7, 11) is 0. The van der Waals surface area contributed by atoms with Crippen molar-refractivity contribution >= 4 is 12.0 Å². The van der Waals surface area contributed by atoms with Gasteiger partial charge in [0.25, 0.3) is 0 Å². The van der Waals surface area contributed by atoms with Gasteiger partial charge in [-0.05, 0) is 24.8 Å². The van der Waals surface area contributed by atoms with Crippen molar-refractivity contribution in [2.45, 2.75) is 45.4 Å². The van der Waals surface area contributed by atoms with Crippen LogP contribution in [-0.2, 0) is 9.53 Å². The second-order valence-electron chi connectivity index (χ2n) is 5.86. The van der Waals surface area contributed by atoms with E-state index in [1.54, 1.807) is 0 Å². The maximum Gasteiger partial charge on any atom is 0.302 e. The Bertz CT molecular complexity index is 565. The molecule has 0 unspecified atom stereocenters. The van der Waals surface area contributed by atoms with Crippen molar-refractivity contribution in [2.24, 2.45) is 0 Å². The van der Waals surface area contributed by atoms with E-state index in [2.05, 4.69) is 36.4 Å². The molecule has 1 aromatic carbocycles.